The summed E-state index contributed by atoms with van der Waals surface area (Å²) in [6, 6.07) is 13.9. The Morgan fingerprint density at radius 1 is 1.23 bits per heavy atom. The van der Waals surface area contributed by atoms with Crippen molar-refractivity contribution in [3.8, 4) is 6.07 Å². The fourth-order valence-corrected chi connectivity index (χ4v) is 8.90. The lowest BCUT2D eigenvalue weighted by Gasteiger charge is -2.29. The molecule has 1 aliphatic carbocycles. The van der Waals surface area contributed by atoms with Crippen molar-refractivity contribution < 1.29 is 18.3 Å². The molecule has 44 heavy (non-hydrogen) atoms. The molecule has 2 heterocycles. The molecule has 2 aromatic heterocycles. The summed E-state index contributed by atoms with van der Waals surface area (Å²) in [6.45, 7) is 13.0. The topological polar surface area (TPSA) is 110 Å². The summed E-state index contributed by atoms with van der Waals surface area (Å²) in [6.07, 6.45) is 9.58. The highest BCUT2D eigenvalue weighted by Crippen LogP contribution is 2.40. The van der Waals surface area contributed by atoms with Gasteiger partial charge in [-0.1, -0.05) is 43.9 Å². The summed E-state index contributed by atoms with van der Waals surface area (Å²) in [7, 11) is -5.19. The standard InChI is InChI=1S/C33H40N4O4S2Si/c1-23-10-12-27(26-14-16-37(30(23)26)43(39,40)32(2)15-8-9-25(20-32)42-4)33(3,38)31-35-28-19-24(21-34)11-13-29(28)36(31)22-41-17-18-44(5,6)7/h8-14,16,19-20,38H,15,17-18,22H2,1-7H3. The third-order valence-electron chi connectivity index (χ3n) is 8.41. The van der Waals surface area contributed by atoms with Gasteiger partial charge in [-0.3, -0.25) is 0 Å². The molecule has 0 fully saturated rings. The van der Waals surface area contributed by atoms with Crippen LogP contribution in [-0.4, -0.2) is 52.7 Å². The zero-order valence-corrected chi connectivity index (χ0v) is 29.0. The number of thioether (sulfide) groups is 1. The minimum atomic E-state index is -3.87. The van der Waals surface area contributed by atoms with Crippen LogP contribution >= 0.6 is 11.8 Å². The summed E-state index contributed by atoms with van der Waals surface area (Å²) in [5.74, 6) is 0.355. The van der Waals surface area contributed by atoms with Gasteiger partial charge in [0.1, 0.15) is 22.9 Å². The van der Waals surface area contributed by atoms with E-state index in [1.54, 1.807) is 38.2 Å². The largest absolute Gasteiger partial charge is 0.377 e. The normalized spacial score (nSPS) is 18.8. The lowest BCUT2D eigenvalue weighted by Crippen LogP contribution is -2.38. The first kappa shape index (κ1) is 32.3. The highest BCUT2D eigenvalue weighted by Gasteiger charge is 2.41. The SMILES string of the molecule is CSC1=CC(C)(S(=O)(=O)n2ccc3c(C(C)(O)c4nc5cc(C#N)ccc5n4COCC[Si](C)(C)C)ccc(C)c32)CC=C1. The number of aryl methyl sites for hydroxylation is 1. The molecule has 2 atom stereocenters. The van der Waals surface area contributed by atoms with Crippen molar-refractivity contribution in [3.63, 3.8) is 0 Å². The first-order valence-electron chi connectivity index (χ1n) is 14.6. The van der Waals surface area contributed by atoms with E-state index in [2.05, 4.69) is 25.7 Å². The van der Waals surface area contributed by atoms with Gasteiger partial charge in [-0.25, -0.2) is 17.4 Å². The van der Waals surface area contributed by atoms with Gasteiger partial charge in [0.2, 0.25) is 10.0 Å². The van der Waals surface area contributed by atoms with Crippen LogP contribution in [0.25, 0.3) is 21.9 Å². The molecule has 0 aliphatic heterocycles. The fraction of sp³-hybridized carbons (Fsp3) is 0.394. The van der Waals surface area contributed by atoms with Gasteiger partial charge in [0.25, 0.3) is 0 Å². The average molecular weight is 649 g/mol. The molecule has 1 N–H and O–H groups in total. The van der Waals surface area contributed by atoms with E-state index >= 15 is 0 Å². The van der Waals surface area contributed by atoms with Crippen LogP contribution in [0.1, 0.15) is 42.8 Å². The van der Waals surface area contributed by atoms with Crippen LogP contribution in [0.4, 0.5) is 0 Å². The van der Waals surface area contributed by atoms with E-state index in [1.165, 1.54) is 15.7 Å². The van der Waals surface area contributed by atoms with Crippen molar-refractivity contribution in [1.82, 2.24) is 13.5 Å². The average Bonchev–Trinajstić information content (AvgIpc) is 3.58. The fourth-order valence-electron chi connectivity index (χ4n) is 5.72. The summed E-state index contributed by atoms with van der Waals surface area (Å²) < 4.78 is 36.7. The molecule has 2 aromatic carbocycles. The second kappa shape index (κ2) is 11.7. The number of nitriles is 1. The van der Waals surface area contributed by atoms with E-state index in [0.29, 0.717) is 46.4 Å². The number of ether oxygens (including phenoxy) is 1. The van der Waals surface area contributed by atoms with E-state index in [4.69, 9.17) is 9.72 Å². The lowest BCUT2D eigenvalue weighted by molar-refractivity contribution is 0.0571. The maximum absolute atomic E-state index is 14.2. The van der Waals surface area contributed by atoms with E-state index in [0.717, 1.165) is 22.0 Å². The Labute approximate surface area is 265 Å². The van der Waals surface area contributed by atoms with Crippen LogP contribution in [-0.2, 0) is 27.1 Å². The van der Waals surface area contributed by atoms with Crippen molar-refractivity contribution in [2.24, 2.45) is 0 Å². The summed E-state index contributed by atoms with van der Waals surface area (Å²) >= 11 is 1.52. The first-order valence-corrected chi connectivity index (χ1v) is 21.0. The number of rotatable bonds is 10. The quantitative estimate of drug-likeness (QED) is 0.147. The highest BCUT2D eigenvalue weighted by molar-refractivity contribution is 8.02. The molecule has 0 amide bonds. The van der Waals surface area contributed by atoms with Crippen molar-refractivity contribution in [2.45, 2.75) is 70.0 Å². The van der Waals surface area contributed by atoms with E-state index in [-0.39, 0.29) is 6.73 Å². The number of hydrogen-bond donors (Lipinski definition) is 1. The molecule has 2 unspecified atom stereocenters. The van der Waals surface area contributed by atoms with E-state index in [1.807, 2.05) is 54.2 Å². The predicted molar refractivity (Wildman–Crippen MR) is 182 cm³/mol. The Bertz CT molecular complexity index is 1960. The Morgan fingerprint density at radius 3 is 2.66 bits per heavy atom. The molecular formula is C33H40N4O4S2Si. The number of fused-ring (bicyclic) bond motifs is 2. The van der Waals surface area contributed by atoms with Crippen LogP contribution in [0.3, 0.4) is 0 Å². The van der Waals surface area contributed by atoms with Crippen molar-refractivity contribution in [3.05, 3.63) is 88.2 Å². The molecule has 5 rings (SSSR count). The zero-order chi connectivity index (χ0) is 32.1. The number of allylic oxidation sites excluding steroid dienone is 2. The third kappa shape index (κ3) is 5.70. The molecule has 8 nitrogen and oxygen atoms in total. The molecule has 0 bridgehead atoms. The van der Waals surface area contributed by atoms with Crippen LogP contribution in [0, 0.1) is 18.3 Å². The second-order valence-electron chi connectivity index (χ2n) is 13.1. The third-order valence-corrected chi connectivity index (χ3v) is 13.1. The minimum Gasteiger partial charge on any atom is -0.377 e. The van der Waals surface area contributed by atoms with Gasteiger partial charge in [0.15, 0.2) is 0 Å². The highest BCUT2D eigenvalue weighted by atomic mass is 32.2. The maximum Gasteiger partial charge on any atom is 0.248 e. The van der Waals surface area contributed by atoms with Crippen LogP contribution in [0.2, 0.25) is 25.7 Å². The maximum atomic E-state index is 14.2. The Kier molecular flexibility index (Phi) is 8.54. The van der Waals surface area contributed by atoms with Crippen LogP contribution < -0.4 is 0 Å². The monoisotopic (exact) mass is 648 g/mol. The molecule has 0 saturated carbocycles. The Balaban J connectivity index is 1.64. The van der Waals surface area contributed by atoms with Gasteiger partial charge in [-0.2, -0.15) is 5.26 Å². The predicted octanol–water partition coefficient (Wildman–Crippen LogP) is 6.88. The van der Waals surface area contributed by atoms with Gasteiger partial charge >= 0.3 is 0 Å². The van der Waals surface area contributed by atoms with Gasteiger partial charge in [-0.15, -0.1) is 11.8 Å². The lowest BCUT2D eigenvalue weighted by atomic mass is 9.91. The molecule has 4 aromatic rings. The summed E-state index contributed by atoms with van der Waals surface area (Å²) in [5, 5.41) is 22.5. The molecule has 0 radical (unpaired) electrons. The summed E-state index contributed by atoms with van der Waals surface area (Å²) in [5.41, 5.74) is 1.99. The summed E-state index contributed by atoms with van der Waals surface area (Å²) in [4.78, 5) is 5.74. The Morgan fingerprint density at radius 2 is 1.98 bits per heavy atom. The second-order valence-corrected chi connectivity index (χ2v) is 21.9. The molecule has 0 saturated heterocycles. The molecule has 11 heteroatoms. The van der Waals surface area contributed by atoms with Crippen LogP contribution in [0.5, 0.6) is 0 Å². The molecular weight excluding hydrogens is 609 g/mol. The number of imidazole rings is 1. The van der Waals surface area contributed by atoms with Gasteiger partial charge < -0.3 is 14.4 Å². The molecule has 1 aliphatic rings. The van der Waals surface area contributed by atoms with Crippen molar-refractivity contribution >= 4 is 51.8 Å². The Hall–Kier alpha value is -3.14. The number of hydrogen-bond acceptors (Lipinski definition) is 7. The first-order chi connectivity index (χ1) is 20.6. The van der Waals surface area contributed by atoms with Gasteiger partial charge in [-0.05, 0) is 75.4 Å². The van der Waals surface area contributed by atoms with Crippen molar-refractivity contribution in [1.29, 1.82) is 5.26 Å². The smallest absolute Gasteiger partial charge is 0.248 e. The minimum absolute atomic E-state index is 0.179. The number of benzene rings is 2. The number of aromatic nitrogens is 3. The number of nitrogens with zero attached hydrogens (tertiary/aromatic N) is 4. The zero-order valence-electron chi connectivity index (χ0n) is 26.4. The van der Waals surface area contributed by atoms with Crippen LogP contribution in [0.15, 0.2) is 65.7 Å². The van der Waals surface area contributed by atoms with E-state index in [9.17, 15) is 18.8 Å². The van der Waals surface area contributed by atoms with Crippen molar-refractivity contribution in [2.75, 3.05) is 12.9 Å². The van der Waals surface area contributed by atoms with E-state index < -0.39 is 28.4 Å². The molecule has 0 spiro atoms. The molecule has 232 valence electrons. The van der Waals surface area contributed by atoms with Gasteiger partial charge in [0.05, 0.1) is 28.2 Å². The number of aliphatic hydroxyl groups is 1. The van der Waals surface area contributed by atoms with Gasteiger partial charge in [0, 0.05) is 36.7 Å².